The van der Waals surface area contributed by atoms with Crippen molar-refractivity contribution in [3.05, 3.63) is 23.0 Å². The van der Waals surface area contributed by atoms with E-state index in [1.807, 2.05) is 0 Å². The lowest BCUT2D eigenvalue weighted by Gasteiger charge is -2.07. The molecule has 0 aromatic carbocycles. The Kier molecular flexibility index (Phi) is 3.11. The van der Waals surface area contributed by atoms with Crippen LogP contribution in [0, 0.1) is 0 Å². The molecule has 72 valence electrons. The molecule has 0 bridgehead atoms. The molecule has 0 saturated heterocycles. The first-order chi connectivity index (χ1) is 6.22. The van der Waals surface area contributed by atoms with E-state index in [4.69, 9.17) is 5.73 Å². The van der Waals surface area contributed by atoms with Crippen LogP contribution in [0.5, 0.6) is 0 Å². The Hall–Kier alpha value is -1.26. The molecule has 13 heavy (non-hydrogen) atoms. The van der Waals surface area contributed by atoms with Crippen molar-refractivity contribution >= 4 is 5.69 Å². The van der Waals surface area contributed by atoms with E-state index in [1.165, 1.54) is 6.07 Å². The quantitative estimate of drug-likeness (QED) is 0.792. The number of halogens is 3. The lowest BCUT2D eigenvalue weighted by Crippen LogP contribution is -2.03. The predicted molar refractivity (Wildman–Crippen MR) is 43.1 cm³/mol. The molecule has 0 fully saturated rings. The summed E-state index contributed by atoms with van der Waals surface area (Å²) in [6.07, 6.45) is 0. The van der Waals surface area contributed by atoms with Gasteiger partial charge in [0.25, 0.3) is 0 Å². The van der Waals surface area contributed by atoms with Crippen LogP contribution in [-0.2, 0) is 20.0 Å². The Morgan fingerprint density at radius 3 is 2.31 bits per heavy atom. The van der Waals surface area contributed by atoms with Gasteiger partial charge in [0.2, 0.25) is 0 Å². The lowest BCUT2D eigenvalue weighted by atomic mass is 10.1. The van der Waals surface area contributed by atoms with Gasteiger partial charge in [-0.15, -0.1) is 0 Å². The third-order valence-corrected chi connectivity index (χ3v) is 1.69. The summed E-state index contributed by atoms with van der Waals surface area (Å²) in [5.41, 5.74) is 5.35. The molecule has 1 aromatic heterocycles. The molecule has 0 aliphatic heterocycles. The van der Waals surface area contributed by atoms with Crippen LogP contribution in [0.3, 0.4) is 0 Å². The first kappa shape index (κ1) is 9.83. The zero-order chi connectivity index (χ0) is 9.84. The smallest absolute Gasteiger partial charge is 0.132 e. The van der Waals surface area contributed by atoms with Gasteiger partial charge in [-0.3, -0.25) is 4.98 Å². The highest BCUT2D eigenvalue weighted by atomic mass is 19.1. The second-order valence-electron chi connectivity index (χ2n) is 2.53. The third-order valence-electron chi connectivity index (χ3n) is 1.69. The van der Waals surface area contributed by atoms with Crippen LogP contribution in [0.2, 0.25) is 0 Å². The van der Waals surface area contributed by atoms with Gasteiger partial charge in [0.15, 0.2) is 0 Å². The molecule has 0 unspecified atom stereocenters. The number of rotatable bonds is 3. The van der Waals surface area contributed by atoms with Gasteiger partial charge in [0, 0.05) is 11.3 Å². The van der Waals surface area contributed by atoms with Crippen molar-refractivity contribution in [1.29, 1.82) is 0 Å². The number of hydrogen-bond acceptors (Lipinski definition) is 2. The second-order valence-corrected chi connectivity index (χ2v) is 2.53. The number of alkyl halides is 3. The van der Waals surface area contributed by atoms with Crippen molar-refractivity contribution in [2.45, 2.75) is 20.0 Å². The van der Waals surface area contributed by atoms with Crippen molar-refractivity contribution in [3.63, 3.8) is 0 Å². The molecule has 0 atom stereocenters. The number of pyridine rings is 1. The molecule has 5 heteroatoms. The standard InChI is InChI=1S/C8H9F3N2/c9-2-5-1-7(12)6(3-10)8(4-11)13-5/h1H,2-4H2,(H2,12,13). The predicted octanol–water partition coefficient (Wildman–Crippen LogP) is 2.07. The normalized spacial score (nSPS) is 10.4. The molecular weight excluding hydrogens is 181 g/mol. The van der Waals surface area contributed by atoms with Crippen molar-refractivity contribution in [3.8, 4) is 0 Å². The summed E-state index contributed by atoms with van der Waals surface area (Å²) in [5, 5.41) is 0. The summed E-state index contributed by atoms with van der Waals surface area (Å²) < 4.78 is 36.7. The summed E-state index contributed by atoms with van der Waals surface area (Å²) in [5.74, 6) is 0. The fourth-order valence-electron chi connectivity index (χ4n) is 1.04. The van der Waals surface area contributed by atoms with Crippen LogP contribution in [0.1, 0.15) is 17.0 Å². The van der Waals surface area contributed by atoms with Gasteiger partial charge >= 0.3 is 0 Å². The maximum atomic E-state index is 12.3. The van der Waals surface area contributed by atoms with Crippen LogP contribution < -0.4 is 5.73 Å². The SMILES string of the molecule is Nc1cc(CF)nc(CF)c1CF. The average molecular weight is 190 g/mol. The first-order valence-electron chi connectivity index (χ1n) is 3.68. The minimum Gasteiger partial charge on any atom is -0.398 e. The van der Waals surface area contributed by atoms with E-state index in [2.05, 4.69) is 4.98 Å². The maximum Gasteiger partial charge on any atom is 0.132 e. The molecule has 1 aromatic rings. The Morgan fingerprint density at radius 2 is 1.85 bits per heavy atom. The molecule has 1 rings (SSSR count). The van der Waals surface area contributed by atoms with Gasteiger partial charge in [-0.25, -0.2) is 13.2 Å². The third kappa shape index (κ3) is 1.91. The van der Waals surface area contributed by atoms with E-state index < -0.39 is 20.0 Å². The fraction of sp³-hybridized carbons (Fsp3) is 0.375. The van der Waals surface area contributed by atoms with Gasteiger partial charge < -0.3 is 5.73 Å². The Bertz CT molecular complexity index is 302. The van der Waals surface area contributed by atoms with Crippen molar-refractivity contribution in [1.82, 2.24) is 4.98 Å². The summed E-state index contributed by atoms with van der Waals surface area (Å²) in [4.78, 5) is 3.57. The van der Waals surface area contributed by atoms with E-state index in [9.17, 15) is 13.2 Å². The molecule has 2 nitrogen and oxygen atoms in total. The van der Waals surface area contributed by atoms with Crippen LogP contribution in [-0.4, -0.2) is 4.98 Å². The molecule has 1 heterocycles. The minimum absolute atomic E-state index is 0.0136. The number of anilines is 1. The highest BCUT2D eigenvalue weighted by Gasteiger charge is 2.10. The Labute approximate surface area is 73.6 Å². The van der Waals surface area contributed by atoms with Gasteiger partial charge in [0.1, 0.15) is 20.0 Å². The van der Waals surface area contributed by atoms with Crippen LogP contribution in [0.4, 0.5) is 18.9 Å². The van der Waals surface area contributed by atoms with Crippen LogP contribution in [0.15, 0.2) is 6.07 Å². The average Bonchev–Trinajstić information content (AvgIpc) is 2.16. The first-order valence-corrected chi connectivity index (χ1v) is 3.68. The lowest BCUT2D eigenvalue weighted by molar-refractivity contribution is 0.438. The van der Waals surface area contributed by atoms with Gasteiger partial charge in [-0.05, 0) is 6.07 Å². The molecule has 0 radical (unpaired) electrons. The zero-order valence-electron chi connectivity index (χ0n) is 6.86. The largest absolute Gasteiger partial charge is 0.398 e. The molecule has 0 saturated carbocycles. The number of nitrogen functional groups attached to an aromatic ring is 1. The number of aromatic nitrogens is 1. The van der Waals surface area contributed by atoms with E-state index in [-0.39, 0.29) is 22.6 Å². The van der Waals surface area contributed by atoms with E-state index in [0.717, 1.165) is 0 Å². The number of nitrogens with two attached hydrogens (primary N) is 1. The van der Waals surface area contributed by atoms with E-state index in [1.54, 1.807) is 0 Å². The van der Waals surface area contributed by atoms with E-state index >= 15 is 0 Å². The zero-order valence-corrected chi connectivity index (χ0v) is 6.86. The van der Waals surface area contributed by atoms with Crippen LogP contribution in [0.25, 0.3) is 0 Å². The Morgan fingerprint density at radius 1 is 1.15 bits per heavy atom. The second kappa shape index (κ2) is 4.11. The summed E-state index contributed by atoms with van der Waals surface area (Å²) in [7, 11) is 0. The van der Waals surface area contributed by atoms with Gasteiger partial charge in [0.05, 0.1) is 11.4 Å². The maximum absolute atomic E-state index is 12.3. The minimum atomic E-state index is -0.933. The topological polar surface area (TPSA) is 38.9 Å². The summed E-state index contributed by atoms with van der Waals surface area (Å²) >= 11 is 0. The van der Waals surface area contributed by atoms with E-state index in [0.29, 0.717) is 0 Å². The van der Waals surface area contributed by atoms with Crippen molar-refractivity contribution in [2.75, 3.05) is 5.73 Å². The molecule has 0 aliphatic rings. The van der Waals surface area contributed by atoms with Crippen LogP contribution >= 0.6 is 0 Å². The van der Waals surface area contributed by atoms with Crippen molar-refractivity contribution < 1.29 is 13.2 Å². The highest BCUT2D eigenvalue weighted by Crippen LogP contribution is 2.19. The van der Waals surface area contributed by atoms with Gasteiger partial charge in [-0.2, -0.15) is 0 Å². The molecular formula is C8H9F3N2. The molecule has 0 amide bonds. The molecule has 0 spiro atoms. The monoisotopic (exact) mass is 190 g/mol. The van der Waals surface area contributed by atoms with Crippen molar-refractivity contribution in [2.24, 2.45) is 0 Å². The fourth-order valence-corrected chi connectivity index (χ4v) is 1.04. The summed E-state index contributed by atoms with van der Waals surface area (Å²) in [6.45, 7) is -2.65. The molecule has 0 aliphatic carbocycles. The molecule has 2 N–H and O–H groups in total. The summed E-state index contributed by atoms with van der Waals surface area (Å²) in [6, 6.07) is 1.22. The van der Waals surface area contributed by atoms with Gasteiger partial charge in [-0.1, -0.05) is 0 Å². The number of nitrogens with zero attached hydrogens (tertiary/aromatic N) is 1. The Balaban J connectivity index is 3.20. The number of hydrogen-bond donors (Lipinski definition) is 1. The highest BCUT2D eigenvalue weighted by molar-refractivity contribution is 5.49.